The van der Waals surface area contributed by atoms with Crippen molar-refractivity contribution in [3.05, 3.63) is 39.2 Å². The van der Waals surface area contributed by atoms with E-state index in [-0.39, 0.29) is 22.2 Å². The highest BCUT2D eigenvalue weighted by Gasteiger charge is 2.28. The molecular weight excluding hydrogens is 284 g/mol. The molecule has 2 N–H and O–H groups in total. The summed E-state index contributed by atoms with van der Waals surface area (Å²) in [5.41, 5.74) is 5.28. The van der Waals surface area contributed by atoms with E-state index in [0.717, 1.165) is 0 Å². The maximum absolute atomic E-state index is 11.0. The Labute approximate surface area is 119 Å². The van der Waals surface area contributed by atoms with Gasteiger partial charge < -0.3 is 10.3 Å². The molecule has 0 aliphatic carbocycles. The minimum Gasteiger partial charge on any atom is -0.334 e. The Morgan fingerprint density at radius 1 is 1.55 bits per heavy atom. The molecule has 2 rings (SSSR count). The molecule has 1 atom stereocenters. The number of nitrogens with two attached hydrogens (primary N) is 1. The van der Waals surface area contributed by atoms with Gasteiger partial charge in [-0.1, -0.05) is 23.7 Å². The average molecular weight is 297 g/mol. The standard InChI is InChI=1S/C12H13ClN4O3/c1-3-12(2,14)11-15-10(20-16-11)8-5-4-7(13)6-9(8)17(18)19/h4-6H,3,14H2,1-2H3. The van der Waals surface area contributed by atoms with Crippen molar-refractivity contribution in [1.82, 2.24) is 10.1 Å². The lowest BCUT2D eigenvalue weighted by Gasteiger charge is -2.16. The number of benzene rings is 1. The van der Waals surface area contributed by atoms with Gasteiger partial charge in [0.2, 0.25) is 0 Å². The number of aromatic nitrogens is 2. The second-order valence-electron chi connectivity index (χ2n) is 4.61. The van der Waals surface area contributed by atoms with Gasteiger partial charge in [0, 0.05) is 11.1 Å². The maximum atomic E-state index is 11.0. The minimum atomic E-state index is -0.747. The first kappa shape index (κ1) is 14.4. The van der Waals surface area contributed by atoms with Crippen molar-refractivity contribution < 1.29 is 9.45 Å². The van der Waals surface area contributed by atoms with Crippen molar-refractivity contribution in [2.45, 2.75) is 25.8 Å². The molecular formula is C12H13ClN4O3. The highest BCUT2D eigenvalue weighted by molar-refractivity contribution is 6.30. The van der Waals surface area contributed by atoms with Crippen LogP contribution in [0.15, 0.2) is 22.7 Å². The Kier molecular flexibility index (Phi) is 3.74. The predicted octanol–water partition coefficient (Wildman–Crippen LogP) is 2.88. The molecule has 2 aromatic rings. The lowest BCUT2D eigenvalue weighted by Crippen LogP contribution is -2.33. The zero-order chi connectivity index (χ0) is 14.9. The van der Waals surface area contributed by atoms with Crippen LogP contribution in [0.25, 0.3) is 11.5 Å². The summed E-state index contributed by atoms with van der Waals surface area (Å²) in [6.07, 6.45) is 0.606. The first-order valence-electron chi connectivity index (χ1n) is 5.92. The summed E-state index contributed by atoms with van der Waals surface area (Å²) in [5.74, 6) is 0.354. The summed E-state index contributed by atoms with van der Waals surface area (Å²) in [6, 6.07) is 4.23. The van der Waals surface area contributed by atoms with Crippen LogP contribution in [0.2, 0.25) is 5.02 Å². The van der Waals surface area contributed by atoms with Gasteiger partial charge in [0.1, 0.15) is 5.56 Å². The fourth-order valence-electron chi connectivity index (χ4n) is 1.56. The summed E-state index contributed by atoms with van der Waals surface area (Å²) in [6.45, 7) is 3.65. The molecule has 0 radical (unpaired) electrons. The van der Waals surface area contributed by atoms with E-state index in [9.17, 15) is 10.1 Å². The molecule has 0 saturated carbocycles. The first-order valence-corrected chi connectivity index (χ1v) is 6.30. The monoisotopic (exact) mass is 296 g/mol. The highest BCUT2D eigenvalue weighted by atomic mass is 35.5. The fourth-order valence-corrected chi connectivity index (χ4v) is 1.73. The molecule has 1 unspecified atom stereocenters. The topological polar surface area (TPSA) is 108 Å². The summed E-state index contributed by atoms with van der Waals surface area (Å²) < 4.78 is 5.08. The third kappa shape index (κ3) is 2.63. The van der Waals surface area contributed by atoms with Crippen LogP contribution in [-0.2, 0) is 5.54 Å². The molecule has 0 bridgehead atoms. The Morgan fingerprint density at radius 2 is 2.25 bits per heavy atom. The van der Waals surface area contributed by atoms with Crippen LogP contribution >= 0.6 is 11.6 Å². The van der Waals surface area contributed by atoms with E-state index in [0.29, 0.717) is 12.2 Å². The van der Waals surface area contributed by atoms with Gasteiger partial charge in [0.05, 0.1) is 10.5 Å². The first-order chi connectivity index (χ1) is 9.35. The summed E-state index contributed by atoms with van der Waals surface area (Å²) in [4.78, 5) is 14.6. The second kappa shape index (κ2) is 5.18. The smallest absolute Gasteiger partial charge is 0.283 e. The number of hydrogen-bond acceptors (Lipinski definition) is 6. The highest BCUT2D eigenvalue weighted by Crippen LogP contribution is 2.32. The lowest BCUT2D eigenvalue weighted by atomic mass is 10.00. The van der Waals surface area contributed by atoms with Crippen molar-refractivity contribution in [3.63, 3.8) is 0 Å². The second-order valence-corrected chi connectivity index (χ2v) is 5.05. The van der Waals surface area contributed by atoms with Crippen molar-refractivity contribution in [3.8, 4) is 11.5 Å². The van der Waals surface area contributed by atoms with Crippen LogP contribution in [0.5, 0.6) is 0 Å². The van der Waals surface area contributed by atoms with Crippen molar-refractivity contribution >= 4 is 17.3 Å². The van der Waals surface area contributed by atoms with Crippen LogP contribution in [0.1, 0.15) is 26.1 Å². The van der Waals surface area contributed by atoms with Gasteiger partial charge in [-0.05, 0) is 25.5 Å². The number of nitro benzene ring substituents is 1. The third-order valence-electron chi connectivity index (χ3n) is 3.06. The molecule has 1 aromatic carbocycles. The number of nitro groups is 1. The Morgan fingerprint density at radius 3 is 2.85 bits per heavy atom. The van der Waals surface area contributed by atoms with E-state index >= 15 is 0 Å². The Bertz CT molecular complexity index is 654. The number of hydrogen-bond donors (Lipinski definition) is 1. The molecule has 8 heteroatoms. The van der Waals surface area contributed by atoms with Gasteiger partial charge in [-0.15, -0.1) is 0 Å². The summed E-state index contributed by atoms with van der Waals surface area (Å²) >= 11 is 5.76. The van der Waals surface area contributed by atoms with Crippen LogP contribution in [0, 0.1) is 10.1 Å². The predicted molar refractivity (Wildman–Crippen MR) is 73.2 cm³/mol. The van der Waals surface area contributed by atoms with Crippen molar-refractivity contribution in [2.24, 2.45) is 5.73 Å². The molecule has 0 saturated heterocycles. The number of rotatable bonds is 4. The largest absolute Gasteiger partial charge is 0.334 e. The van der Waals surface area contributed by atoms with E-state index in [1.54, 1.807) is 6.92 Å². The van der Waals surface area contributed by atoms with E-state index in [1.165, 1.54) is 18.2 Å². The average Bonchev–Trinajstić information content (AvgIpc) is 2.88. The quantitative estimate of drug-likeness (QED) is 0.686. The molecule has 0 aliphatic heterocycles. The fraction of sp³-hybridized carbons (Fsp3) is 0.333. The van der Waals surface area contributed by atoms with Crippen molar-refractivity contribution in [1.29, 1.82) is 0 Å². The third-order valence-corrected chi connectivity index (χ3v) is 3.29. The van der Waals surface area contributed by atoms with Gasteiger partial charge in [-0.25, -0.2) is 0 Å². The van der Waals surface area contributed by atoms with E-state index < -0.39 is 10.5 Å². The molecule has 0 fully saturated rings. The van der Waals surface area contributed by atoms with Crippen LogP contribution < -0.4 is 5.73 Å². The normalized spacial score (nSPS) is 14.0. The van der Waals surface area contributed by atoms with Gasteiger partial charge in [0.15, 0.2) is 5.82 Å². The molecule has 1 heterocycles. The number of halogens is 1. The zero-order valence-electron chi connectivity index (χ0n) is 11.0. The van der Waals surface area contributed by atoms with Crippen LogP contribution in [-0.4, -0.2) is 15.1 Å². The molecule has 1 aromatic heterocycles. The molecule has 106 valence electrons. The molecule has 20 heavy (non-hydrogen) atoms. The van der Waals surface area contributed by atoms with Gasteiger partial charge in [-0.2, -0.15) is 4.98 Å². The minimum absolute atomic E-state index is 0.0495. The SMILES string of the molecule is CCC(C)(N)c1noc(-c2ccc(Cl)cc2[N+](=O)[O-])n1. The number of nitrogens with zero attached hydrogens (tertiary/aromatic N) is 3. The summed E-state index contributed by atoms with van der Waals surface area (Å²) in [5, 5.41) is 15.1. The van der Waals surface area contributed by atoms with Crippen LogP contribution in [0.3, 0.4) is 0 Å². The molecule has 0 amide bonds. The Hall–Kier alpha value is -1.99. The lowest BCUT2D eigenvalue weighted by molar-refractivity contribution is -0.384. The maximum Gasteiger partial charge on any atom is 0.283 e. The molecule has 0 spiro atoms. The van der Waals surface area contributed by atoms with Gasteiger partial charge in [-0.3, -0.25) is 10.1 Å². The molecule has 0 aliphatic rings. The van der Waals surface area contributed by atoms with Gasteiger partial charge in [0.25, 0.3) is 11.6 Å². The van der Waals surface area contributed by atoms with E-state index in [4.69, 9.17) is 21.9 Å². The summed E-state index contributed by atoms with van der Waals surface area (Å²) in [7, 11) is 0. The zero-order valence-corrected chi connectivity index (χ0v) is 11.7. The Balaban J connectivity index is 2.50. The van der Waals surface area contributed by atoms with E-state index in [1.807, 2.05) is 6.92 Å². The van der Waals surface area contributed by atoms with E-state index in [2.05, 4.69) is 10.1 Å². The van der Waals surface area contributed by atoms with Gasteiger partial charge >= 0.3 is 0 Å². The molecule has 7 nitrogen and oxygen atoms in total. The van der Waals surface area contributed by atoms with Crippen LogP contribution in [0.4, 0.5) is 5.69 Å². The van der Waals surface area contributed by atoms with Crippen molar-refractivity contribution in [2.75, 3.05) is 0 Å².